The molecule has 0 spiro atoms. The first-order valence-corrected chi connectivity index (χ1v) is 12.1. The maximum Gasteiger partial charge on any atom is 0.259 e. The van der Waals surface area contributed by atoms with Gasteiger partial charge in [0.15, 0.2) is 23.0 Å². The molecule has 0 radical (unpaired) electrons. The van der Waals surface area contributed by atoms with Crippen LogP contribution in [0.5, 0.6) is 23.0 Å². The van der Waals surface area contributed by atoms with Gasteiger partial charge in [-0.3, -0.25) is 14.9 Å². The molecule has 5 heterocycles. The van der Waals surface area contributed by atoms with Crippen LogP contribution in [0.3, 0.4) is 0 Å². The van der Waals surface area contributed by atoms with E-state index >= 15 is 0 Å². The van der Waals surface area contributed by atoms with Crippen molar-refractivity contribution in [3.05, 3.63) is 47.8 Å². The molecule has 10 nitrogen and oxygen atoms in total. The largest absolute Gasteiger partial charge is 0.454 e. The van der Waals surface area contributed by atoms with Gasteiger partial charge in [-0.05, 0) is 39.2 Å². The van der Waals surface area contributed by atoms with Gasteiger partial charge in [0.1, 0.15) is 0 Å². The second-order valence-electron chi connectivity index (χ2n) is 9.60. The number of H-pyrrole nitrogens is 1. The quantitative estimate of drug-likeness (QED) is 0.392. The fourth-order valence-electron chi connectivity index (χ4n) is 5.31. The molecule has 0 atom stereocenters. The first-order chi connectivity index (χ1) is 18.0. The van der Waals surface area contributed by atoms with E-state index in [1.54, 1.807) is 6.20 Å². The molecule has 3 aliphatic rings. The molecule has 0 saturated heterocycles. The predicted molar refractivity (Wildman–Crippen MR) is 136 cm³/mol. The van der Waals surface area contributed by atoms with Gasteiger partial charge in [0.05, 0.1) is 16.7 Å². The summed E-state index contributed by atoms with van der Waals surface area (Å²) in [4.78, 5) is 31.8. The summed E-state index contributed by atoms with van der Waals surface area (Å²) < 4.78 is 24.4. The van der Waals surface area contributed by atoms with Crippen LogP contribution in [-0.2, 0) is 16.1 Å². The summed E-state index contributed by atoms with van der Waals surface area (Å²) in [5.41, 5.74) is 3.65. The highest BCUT2D eigenvalue weighted by molar-refractivity contribution is 6.50. The molecule has 4 aromatic rings. The topological polar surface area (TPSA) is 107 Å². The van der Waals surface area contributed by atoms with E-state index in [0.717, 1.165) is 41.3 Å². The highest BCUT2D eigenvalue weighted by Crippen LogP contribution is 2.44. The van der Waals surface area contributed by atoms with Gasteiger partial charge in [0, 0.05) is 58.5 Å². The van der Waals surface area contributed by atoms with E-state index < -0.39 is 11.8 Å². The van der Waals surface area contributed by atoms with Crippen molar-refractivity contribution < 1.29 is 28.5 Å². The summed E-state index contributed by atoms with van der Waals surface area (Å²) in [5.74, 6) is 1.66. The monoisotopic (exact) mass is 500 g/mol. The zero-order valence-electron chi connectivity index (χ0n) is 20.3. The van der Waals surface area contributed by atoms with Gasteiger partial charge in [0.2, 0.25) is 13.6 Å². The number of benzene rings is 2. The normalized spacial score (nSPS) is 16.2. The zero-order valence-corrected chi connectivity index (χ0v) is 20.3. The first-order valence-electron chi connectivity index (χ1n) is 12.1. The number of imide groups is 1. The molecule has 0 aliphatic carbocycles. The minimum Gasteiger partial charge on any atom is -0.454 e. The number of nitrogens with zero attached hydrogens (tertiary/aromatic N) is 2. The third-order valence-electron chi connectivity index (χ3n) is 7.02. The van der Waals surface area contributed by atoms with Gasteiger partial charge >= 0.3 is 0 Å². The lowest BCUT2D eigenvalue weighted by Crippen LogP contribution is -2.22. The number of rotatable bonds is 6. The Bertz CT molecular complexity index is 1660. The first kappa shape index (κ1) is 21.8. The van der Waals surface area contributed by atoms with Gasteiger partial charge < -0.3 is 33.4 Å². The molecule has 2 amide bonds. The molecule has 2 aromatic heterocycles. The maximum atomic E-state index is 13.3. The Kier molecular flexibility index (Phi) is 4.74. The third-order valence-corrected chi connectivity index (χ3v) is 7.02. The van der Waals surface area contributed by atoms with Crippen molar-refractivity contribution in [1.82, 2.24) is 19.8 Å². The minimum absolute atomic E-state index is 0.146. The van der Waals surface area contributed by atoms with E-state index in [0.29, 0.717) is 45.3 Å². The molecule has 10 heteroatoms. The Balaban J connectivity index is 1.44. The van der Waals surface area contributed by atoms with Crippen molar-refractivity contribution in [1.29, 1.82) is 0 Å². The summed E-state index contributed by atoms with van der Waals surface area (Å²) in [7, 11) is 4.08. The Labute approximate surface area is 211 Å². The number of fused-ring (bicyclic) bond motifs is 4. The molecule has 188 valence electrons. The van der Waals surface area contributed by atoms with Gasteiger partial charge in [-0.1, -0.05) is 0 Å². The SMILES string of the molecule is CN(C)CCCn1cc(C2=C(c3c[nH]c4cc5c(cc34)OCO5)C(=O)NC2=O)c2cc3c(cc21)OCO3. The smallest absolute Gasteiger partial charge is 0.259 e. The number of carbonyl (C=O) groups excluding carboxylic acids is 2. The van der Waals surface area contributed by atoms with Crippen molar-refractivity contribution >= 4 is 44.8 Å². The van der Waals surface area contributed by atoms with Crippen LogP contribution in [-0.4, -0.2) is 60.5 Å². The number of hydrogen-bond donors (Lipinski definition) is 2. The average Bonchev–Trinajstić information content (AvgIpc) is 3.67. The van der Waals surface area contributed by atoms with Crippen LogP contribution in [0.1, 0.15) is 17.5 Å². The van der Waals surface area contributed by atoms with E-state index in [2.05, 4.69) is 19.8 Å². The molecule has 0 unspecified atom stereocenters. The lowest BCUT2D eigenvalue weighted by molar-refractivity contribution is -0.122. The number of ether oxygens (including phenoxy) is 4. The van der Waals surface area contributed by atoms with Gasteiger partial charge in [-0.15, -0.1) is 0 Å². The molecule has 3 aliphatic heterocycles. The molecule has 7 rings (SSSR count). The molecule has 37 heavy (non-hydrogen) atoms. The highest BCUT2D eigenvalue weighted by Gasteiger charge is 2.36. The van der Waals surface area contributed by atoms with Crippen molar-refractivity contribution in [3.8, 4) is 23.0 Å². The molecular formula is C27H24N4O6. The maximum absolute atomic E-state index is 13.3. The van der Waals surface area contributed by atoms with Crippen LogP contribution >= 0.6 is 0 Å². The lowest BCUT2D eigenvalue weighted by Gasteiger charge is -2.10. The van der Waals surface area contributed by atoms with Gasteiger partial charge in [0.25, 0.3) is 11.8 Å². The second-order valence-corrected chi connectivity index (χ2v) is 9.60. The molecule has 2 N–H and O–H groups in total. The fraction of sp³-hybridized carbons (Fsp3) is 0.259. The van der Waals surface area contributed by atoms with Crippen LogP contribution in [0, 0.1) is 0 Å². The van der Waals surface area contributed by atoms with E-state index in [9.17, 15) is 9.59 Å². The molecule has 0 bridgehead atoms. The number of amides is 2. The molecule has 0 fully saturated rings. The summed E-state index contributed by atoms with van der Waals surface area (Å²) >= 11 is 0. The Morgan fingerprint density at radius 2 is 1.46 bits per heavy atom. The number of aromatic amines is 1. The third kappa shape index (κ3) is 3.36. The van der Waals surface area contributed by atoms with Crippen LogP contribution in [0.2, 0.25) is 0 Å². The standard InChI is InChI=1S/C27H24N4O6/c1-30(2)4-3-5-31-11-17(15-7-21-23(9-19(15)31)37-13-35-21)25-24(26(32)29-27(25)33)16-10-28-18-8-22-20(6-14(16)18)34-12-36-22/h6-11,28H,3-5,12-13H2,1-2H3,(H,29,32,33). The zero-order chi connectivity index (χ0) is 25.3. The second kappa shape index (κ2) is 8.04. The molecule has 0 saturated carbocycles. The van der Waals surface area contributed by atoms with E-state index in [1.165, 1.54) is 0 Å². The van der Waals surface area contributed by atoms with Crippen LogP contribution in [0.25, 0.3) is 33.0 Å². The van der Waals surface area contributed by atoms with Crippen LogP contribution < -0.4 is 24.3 Å². The van der Waals surface area contributed by atoms with E-state index in [-0.39, 0.29) is 13.6 Å². The Morgan fingerprint density at radius 3 is 2.16 bits per heavy atom. The minimum atomic E-state index is -0.437. The average molecular weight is 501 g/mol. The van der Waals surface area contributed by atoms with Crippen molar-refractivity contribution in [3.63, 3.8) is 0 Å². The molecule has 2 aromatic carbocycles. The Morgan fingerprint density at radius 1 is 0.838 bits per heavy atom. The van der Waals surface area contributed by atoms with Crippen molar-refractivity contribution in [2.24, 2.45) is 0 Å². The Hall–Kier alpha value is -4.44. The van der Waals surface area contributed by atoms with Gasteiger partial charge in [-0.25, -0.2) is 0 Å². The number of aryl methyl sites for hydroxylation is 1. The summed E-state index contributed by atoms with van der Waals surface area (Å²) in [6, 6.07) is 7.52. The fourth-order valence-corrected chi connectivity index (χ4v) is 5.31. The van der Waals surface area contributed by atoms with Gasteiger partial charge in [-0.2, -0.15) is 0 Å². The van der Waals surface area contributed by atoms with Crippen LogP contribution in [0.4, 0.5) is 0 Å². The summed E-state index contributed by atoms with van der Waals surface area (Å²) in [5, 5.41) is 4.11. The summed E-state index contributed by atoms with van der Waals surface area (Å²) in [6.45, 7) is 1.95. The lowest BCUT2D eigenvalue weighted by atomic mass is 9.95. The molecular weight excluding hydrogens is 476 g/mol. The number of carbonyl (C=O) groups is 2. The number of nitrogens with one attached hydrogen (secondary N) is 2. The highest BCUT2D eigenvalue weighted by atomic mass is 16.7. The van der Waals surface area contributed by atoms with E-state index in [4.69, 9.17) is 18.9 Å². The van der Waals surface area contributed by atoms with Crippen LogP contribution in [0.15, 0.2) is 36.7 Å². The van der Waals surface area contributed by atoms with E-state index in [1.807, 2.05) is 44.6 Å². The number of aromatic nitrogens is 2. The van der Waals surface area contributed by atoms with Crippen molar-refractivity contribution in [2.75, 3.05) is 34.2 Å². The number of hydrogen-bond acceptors (Lipinski definition) is 7. The predicted octanol–water partition coefficient (Wildman–Crippen LogP) is 3.10. The summed E-state index contributed by atoms with van der Waals surface area (Å²) in [6.07, 6.45) is 4.61. The van der Waals surface area contributed by atoms with Crippen molar-refractivity contribution in [2.45, 2.75) is 13.0 Å².